The number of hydrogen-bond donors (Lipinski definition) is 1. The number of rotatable bonds is 3. The number of amides is 1. The number of benzene rings is 1. The van der Waals surface area contributed by atoms with E-state index in [1.54, 1.807) is 31.0 Å². The van der Waals surface area contributed by atoms with E-state index >= 15 is 0 Å². The summed E-state index contributed by atoms with van der Waals surface area (Å²) in [6.07, 6.45) is 2.91. The van der Waals surface area contributed by atoms with Gasteiger partial charge in [-0.25, -0.2) is 0 Å². The van der Waals surface area contributed by atoms with Crippen molar-refractivity contribution in [2.24, 2.45) is 0 Å². The highest BCUT2D eigenvalue weighted by Gasteiger charge is 2.23. The van der Waals surface area contributed by atoms with Crippen LogP contribution in [0.25, 0.3) is 0 Å². The maximum absolute atomic E-state index is 12.5. The van der Waals surface area contributed by atoms with E-state index in [9.17, 15) is 14.9 Å². The molecule has 0 spiro atoms. The molecule has 0 aromatic heterocycles. The summed E-state index contributed by atoms with van der Waals surface area (Å²) in [7, 11) is 1.78. The number of hydrogen-bond acceptors (Lipinski definition) is 4. The van der Waals surface area contributed by atoms with Crippen molar-refractivity contribution in [3.05, 3.63) is 39.4 Å². The van der Waals surface area contributed by atoms with E-state index in [0.29, 0.717) is 11.1 Å². The van der Waals surface area contributed by atoms with Gasteiger partial charge in [-0.05, 0) is 45.3 Å². The summed E-state index contributed by atoms with van der Waals surface area (Å²) in [5, 5.41) is 14.3. The number of carbonyl (C=O) groups excluding carboxylic acids is 1. The average Bonchev–Trinajstić information content (AvgIpc) is 2.75. The lowest BCUT2D eigenvalue weighted by Crippen LogP contribution is -2.37. The topological polar surface area (TPSA) is 75.5 Å². The smallest absolute Gasteiger partial charge is 0.273 e. The molecule has 1 aromatic carbocycles. The minimum atomic E-state index is -0.443. The molecule has 0 bridgehead atoms. The van der Waals surface area contributed by atoms with E-state index in [1.165, 1.54) is 6.07 Å². The summed E-state index contributed by atoms with van der Waals surface area (Å²) >= 11 is 0. The van der Waals surface area contributed by atoms with Gasteiger partial charge in [-0.1, -0.05) is 6.07 Å². The molecule has 1 heterocycles. The van der Waals surface area contributed by atoms with Crippen LogP contribution in [-0.4, -0.2) is 41.9 Å². The van der Waals surface area contributed by atoms with Crippen molar-refractivity contribution in [3.8, 4) is 0 Å². The van der Waals surface area contributed by atoms with Crippen molar-refractivity contribution in [1.82, 2.24) is 10.2 Å². The molecule has 1 atom stereocenters. The second-order valence-electron chi connectivity index (χ2n) is 5.51. The molecule has 2 rings (SSSR count). The van der Waals surface area contributed by atoms with Crippen molar-refractivity contribution < 1.29 is 9.72 Å². The van der Waals surface area contributed by atoms with Crippen LogP contribution in [0.3, 0.4) is 0 Å². The summed E-state index contributed by atoms with van der Waals surface area (Å²) in [6, 6.07) is 4.86. The zero-order valence-electron chi connectivity index (χ0n) is 12.5. The Labute approximate surface area is 124 Å². The van der Waals surface area contributed by atoms with Crippen LogP contribution in [0.5, 0.6) is 0 Å². The van der Waals surface area contributed by atoms with Crippen LogP contribution in [0.15, 0.2) is 18.2 Å². The average molecular weight is 291 g/mol. The highest BCUT2D eigenvalue weighted by Crippen LogP contribution is 2.21. The first-order valence-corrected chi connectivity index (χ1v) is 7.23. The second-order valence-corrected chi connectivity index (χ2v) is 5.51. The fraction of sp³-hybridized carbons (Fsp3) is 0.533. The van der Waals surface area contributed by atoms with Crippen molar-refractivity contribution in [2.45, 2.75) is 32.2 Å². The lowest BCUT2D eigenvalue weighted by Gasteiger charge is -2.27. The first-order chi connectivity index (χ1) is 10.0. The lowest BCUT2D eigenvalue weighted by atomic mass is 10.1. The number of aryl methyl sites for hydroxylation is 1. The zero-order valence-corrected chi connectivity index (χ0v) is 12.5. The Morgan fingerprint density at radius 2 is 2.14 bits per heavy atom. The predicted octanol–water partition coefficient (Wildman–Crippen LogP) is 2.12. The molecule has 1 amide bonds. The van der Waals surface area contributed by atoms with Gasteiger partial charge in [-0.2, -0.15) is 0 Å². The summed E-state index contributed by atoms with van der Waals surface area (Å²) < 4.78 is 0. The van der Waals surface area contributed by atoms with Crippen LogP contribution < -0.4 is 5.32 Å². The van der Waals surface area contributed by atoms with E-state index in [4.69, 9.17) is 0 Å². The zero-order chi connectivity index (χ0) is 15.4. The summed E-state index contributed by atoms with van der Waals surface area (Å²) in [5.74, 6) is -0.148. The molecule has 114 valence electrons. The molecule has 1 unspecified atom stereocenters. The molecule has 0 saturated carbocycles. The quantitative estimate of drug-likeness (QED) is 0.683. The molecular weight excluding hydrogens is 270 g/mol. The number of carbonyl (C=O) groups is 1. The van der Waals surface area contributed by atoms with Gasteiger partial charge in [0.05, 0.1) is 4.92 Å². The fourth-order valence-electron chi connectivity index (χ4n) is 2.70. The molecule has 1 aromatic rings. The molecule has 6 heteroatoms. The van der Waals surface area contributed by atoms with Crippen molar-refractivity contribution in [2.75, 3.05) is 20.1 Å². The van der Waals surface area contributed by atoms with Crippen LogP contribution in [0.4, 0.5) is 5.69 Å². The van der Waals surface area contributed by atoms with Crippen molar-refractivity contribution >= 4 is 11.6 Å². The van der Waals surface area contributed by atoms with Gasteiger partial charge in [-0.3, -0.25) is 14.9 Å². The van der Waals surface area contributed by atoms with Crippen molar-refractivity contribution in [3.63, 3.8) is 0 Å². The maximum atomic E-state index is 12.5. The third-order valence-corrected chi connectivity index (χ3v) is 4.07. The monoisotopic (exact) mass is 291 g/mol. The standard InChI is InChI=1S/C15H21N3O3/c1-11-5-6-12(10-14(11)18(20)21)15(19)17(2)13-4-3-8-16-9-7-13/h5-6,10,13,16H,3-4,7-9H2,1-2H3. The van der Waals surface area contributed by atoms with Gasteiger partial charge in [0, 0.05) is 30.3 Å². The SMILES string of the molecule is Cc1ccc(C(=O)N(C)C2CCCNCC2)cc1[N+](=O)[O-]. The van der Waals surface area contributed by atoms with Crippen LogP contribution >= 0.6 is 0 Å². The largest absolute Gasteiger partial charge is 0.339 e. The van der Waals surface area contributed by atoms with Crippen LogP contribution in [0, 0.1) is 17.0 Å². The summed E-state index contributed by atoms with van der Waals surface area (Å²) in [6.45, 7) is 3.55. The third kappa shape index (κ3) is 3.58. The van der Waals surface area contributed by atoms with Gasteiger partial charge in [0.1, 0.15) is 0 Å². The first kappa shape index (κ1) is 15.4. The Bertz CT molecular complexity index is 537. The molecule has 1 fully saturated rings. The summed E-state index contributed by atoms with van der Waals surface area (Å²) in [5.41, 5.74) is 0.946. The first-order valence-electron chi connectivity index (χ1n) is 7.23. The molecule has 0 aliphatic carbocycles. The Morgan fingerprint density at radius 3 is 2.86 bits per heavy atom. The Balaban J connectivity index is 2.18. The Morgan fingerprint density at radius 1 is 1.38 bits per heavy atom. The van der Waals surface area contributed by atoms with Gasteiger partial charge in [0.15, 0.2) is 0 Å². The molecule has 1 aliphatic heterocycles. The van der Waals surface area contributed by atoms with Crippen molar-refractivity contribution in [1.29, 1.82) is 0 Å². The molecule has 6 nitrogen and oxygen atoms in total. The molecule has 1 saturated heterocycles. The molecule has 0 radical (unpaired) electrons. The normalized spacial score (nSPS) is 18.9. The van der Waals surface area contributed by atoms with Crippen LogP contribution in [-0.2, 0) is 0 Å². The minimum Gasteiger partial charge on any atom is -0.339 e. The second kappa shape index (κ2) is 6.67. The van der Waals surface area contributed by atoms with E-state index < -0.39 is 4.92 Å². The number of nitro benzene ring substituents is 1. The predicted molar refractivity (Wildman–Crippen MR) is 80.4 cm³/mol. The molecule has 1 aliphatic rings. The molecule has 21 heavy (non-hydrogen) atoms. The van der Waals surface area contributed by atoms with Gasteiger partial charge in [0.2, 0.25) is 0 Å². The Kier molecular flexibility index (Phi) is 4.90. The van der Waals surface area contributed by atoms with Crippen LogP contribution in [0.2, 0.25) is 0 Å². The maximum Gasteiger partial charge on any atom is 0.273 e. The van der Waals surface area contributed by atoms with Gasteiger partial charge in [0.25, 0.3) is 11.6 Å². The fourth-order valence-corrected chi connectivity index (χ4v) is 2.70. The van der Waals surface area contributed by atoms with E-state index in [1.807, 2.05) is 0 Å². The molecule has 1 N–H and O–H groups in total. The van der Waals surface area contributed by atoms with Gasteiger partial charge in [-0.15, -0.1) is 0 Å². The third-order valence-electron chi connectivity index (χ3n) is 4.07. The highest BCUT2D eigenvalue weighted by atomic mass is 16.6. The summed E-state index contributed by atoms with van der Waals surface area (Å²) in [4.78, 5) is 24.8. The number of nitro groups is 1. The van der Waals surface area contributed by atoms with E-state index in [-0.39, 0.29) is 17.6 Å². The van der Waals surface area contributed by atoms with E-state index in [0.717, 1.165) is 32.4 Å². The number of nitrogens with zero attached hydrogens (tertiary/aromatic N) is 2. The highest BCUT2D eigenvalue weighted by molar-refractivity contribution is 5.95. The minimum absolute atomic E-state index is 0.00298. The number of nitrogens with one attached hydrogen (secondary N) is 1. The Hall–Kier alpha value is -1.95. The lowest BCUT2D eigenvalue weighted by molar-refractivity contribution is -0.385. The van der Waals surface area contributed by atoms with Gasteiger partial charge < -0.3 is 10.2 Å². The van der Waals surface area contributed by atoms with Gasteiger partial charge >= 0.3 is 0 Å². The van der Waals surface area contributed by atoms with Crippen LogP contribution in [0.1, 0.15) is 35.2 Å². The van der Waals surface area contributed by atoms with E-state index in [2.05, 4.69) is 5.32 Å². The molecular formula is C15H21N3O3.